The lowest BCUT2D eigenvalue weighted by Gasteiger charge is -2.20. The van der Waals surface area contributed by atoms with Crippen LogP contribution in [0.4, 0.5) is 0 Å². The molecular weight excluding hydrogens is 332 g/mol. The summed E-state index contributed by atoms with van der Waals surface area (Å²) in [5, 5.41) is 9.11. The molecule has 2 aromatic carbocycles. The third-order valence-corrected chi connectivity index (χ3v) is 4.34. The number of Topliss-reactive ketones (excluding diaryl/α,β-unsaturated/α-hetero) is 1. The van der Waals surface area contributed by atoms with Crippen molar-refractivity contribution in [2.45, 2.75) is 17.2 Å². The zero-order chi connectivity index (χ0) is 15.2. The van der Waals surface area contributed by atoms with Crippen molar-refractivity contribution in [2.75, 3.05) is 0 Å². The quantitative estimate of drug-likeness (QED) is 0.637. The van der Waals surface area contributed by atoms with Gasteiger partial charge in [0.15, 0.2) is 5.78 Å². The summed E-state index contributed by atoms with van der Waals surface area (Å²) in [7, 11) is 0. The number of aliphatic carboxylic acids is 1. The van der Waals surface area contributed by atoms with Crippen LogP contribution in [0.1, 0.15) is 28.3 Å². The number of carbonyl (C=O) groups excluding carboxylic acids is 1. The van der Waals surface area contributed by atoms with Gasteiger partial charge in [-0.3, -0.25) is 9.59 Å². The molecule has 0 aromatic heterocycles. The molecule has 2 aromatic rings. The Morgan fingerprint density at radius 1 is 0.952 bits per heavy atom. The highest BCUT2D eigenvalue weighted by molar-refractivity contribution is 9.10. The normalized spacial score (nSPS) is 13.4. The number of halogens is 1. The Balaban J connectivity index is 2.28. The molecule has 1 N–H and O–H groups in total. The standard InChI is InChI=1S/C17H15BrO3/c18-16(17(21)13-9-5-2-6-10-13)14(11-15(19)20)12-7-3-1-4-8-12/h1-10,14,16H,11H2,(H,19,20). The fraction of sp³-hybridized carbons (Fsp3) is 0.176. The van der Waals surface area contributed by atoms with Crippen LogP contribution in [0.25, 0.3) is 0 Å². The molecular formula is C17H15BrO3. The second-order valence-corrected chi connectivity index (χ2v) is 5.73. The summed E-state index contributed by atoms with van der Waals surface area (Å²) >= 11 is 3.40. The highest BCUT2D eigenvalue weighted by atomic mass is 79.9. The molecule has 0 saturated heterocycles. The van der Waals surface area contributed by atoms with Crippen LogP contribution in [0.5, 0.6) is 0 Å². The third kappa shape index (κ3) is 4.02. The van der Waals surface area contributed by atoms with Crippen LogP contribution in [0, 0.1) is 0 Å². The third-order valence-electron chi connectivity index (χ3n) is 3.28. The zero-order valence-electron chi connectivity index (χ0n) is 11.3. The summed E-state index contributed by atoms with van der Waals surface area (Å²) in [4.78, 5) is 23.0. The number of alkyl halides is 1. The zero-order valence-corrected chi connectivity index (χ0v) is 12.9. The molecule has 4 heteroatoms. The van der Waals surface area contributed by atoms with Gasteiger partial charge >= 0.3 is 5.97 Å². The molecule has 2 unspecified atom stereocenters. The predicted molar refractivity (Wildman–Crippen MR) is 84.9 cm³/mol. The summed E-state index contributed by atoms with van der Waals surface area (Å²) in [5.41, 5.74) is 1.41. The summed E-state index contributed by atoms with van der Waals surface area (Å²) in [6.45, 7) is 0. The molecule has 0 amide bonds. The van der Waals surface area contributed by atoms with E-state index in [9.17, 15) is 9.59 Å². The van der Waals surface area contributed by atoms with E-state index in [1.165, 1.54) is 0 Å². The van der Waals surface area contributed by atoms with E-state index in [1.807, 2.05) is 36.4 Å². The van der Waals surface area contributed by atoms with Crippen molar-refractivity contribution < 1.29 is 14.7 Å². The van der Waals surface area contributed by atoms with E-state index in [4.69, 9.17) is 5.11 Å². The molecule has 0 fully saturated rings. The first-order valence-electron chi connectivity index (χ1n) is 6.59. The van der Waals surface area contributed by atoms with E-state index in [0.717, 1.165) is 5.56 Å². The molecule has 108 valence electrons. The maximum atomic E-state index is 12.5. The van der Waals surface area contributed by atoms with Gasteiger partial charge in [-0.05, 0) is 5.56 Å². The predicted octanol–water partition coefficient (Wildman–Crippen LogP) is 3.89. The van der Waals surface area contributed by atoms with Gasteiger partial charge in [-0.2, -0.15) is 0 Å². The molecule has 0 heterocycles. The van der Waals surface area contributed by atoms with Crippen molar-refractivity contribution in [3.05, 3.63) is 71.8 Å². The van der Waals surface area contributed by atoms with Crippen LogP contribution < -0.4 is 0 Å². The number of rotatable bonds is 6. The van der Waals surface area contributed by atoms with Crippen LogP contribution in [-0.2, 0) is 4.79 Å². The summed E-state index contributed by atoms with van der Waals surface area (Å²) < 4.78 is 0. The van der Waals surface area contributed by atoms with E-state index < -0.39 is 16.7 Å². The van der Waals surface area contributed by atoms with Crippen molar-refractivity contribution in [3.8, 4) is 0 Å². The first-order valence-corrected chi connectivity index (χ1v) is 7.51. The molecule has 3 nitrogen and oxygen atoms in total. The Labute approximate surface area is 131 Å². The van der Waals surface area contributed by atoms with Gasteiger partial charge in [0.2, 0.25) is 0 Å². The molecule has 0 bridgehead atoms. The Morgan fingerprint density at radius 2 is 1.48 bits per heavy atom. The van der Waals surface area contributed by atoms with Gasteiger partial charge < -0.3 is 5.11 Å². The van der Waals surface area contributed by atoms with Crippen LogP contribution in [0.2, 0.25) is 0 Å². The fourth-order valence-corrected chi connectivity index (χ4v) is 2.98. The van der Waals surface area contributed by atoms with Gasteiger partial charge in [-0.15, -0.1) is 0 Å². The smallest absolute Gasteiger partial charge is 0.304 e. The monoisotopic (exact) mass is 346 g/mol. The molecule has 0 radical (unpaired) electrons. The van der Waals surface area contributed by atoms with E-state index in [2.05, 4.69) is 15.9 Å². The van der Waals surface area contributed by atoms with Crippen LogP contribution >= 0.6 is 15.9 Å². The molecule has 0 aliphatic rings. The number of carboxylic acid groups (broad SMARTS) is 1. The van der Waals surface area contributed by atoms with E-state index in [1.54, 1.807) is 24.3 Å². The lowest BCUT2D eigenvalue weighted by Crippen LogP contribution is -2.25. The van der Waals surface area contributed by atoms with Gasteiger partial charge in [0.1, 0.15) is 0 Å². The molecule has 0 aliphatic heterocycles. The second-order valence-electron chi connectivity index (χ2n) is 4.75. The number of hydrogen-bond donors (Lipinski definition) is 1. The van der Waals surface area contributed by atoms with Gasteiger partial charge in [-0.1, -0.05) is 76.6 Å². The minimum absolute atomic E-state index is 0.0987. The largest absolute Gasteiger partial charge is 0.481 e. The first-order chi connectivity index (χ1) is 10.1. The Hall–Kier alpha value is -1.94. The molecule has 21 heavy (non-hydrogen) atoms. The molecule has 2 atom stereocenters. The van der Waals surface area contributed by atoms with Crippen molar-refractivity contribution >= 4 is 27.7 Å². The molecule has 0 spiro atoms. The van der Waals surface area contributed by atoms with Crippen LogP contribution in [-0.4, -0.2) is 21.7 Å². The molecule has 0 aliphatic carbocycles. The lowest BCUT2D eigenvalue weighted by atomic mass is 9.89. The van der Waals surface area contributed by atoms with E-state index in [0.29, 0.717) is 5.56 Å². The maximum Gasteiger partial charge on any atom is 0.304 e. The SMILES string of the molecule is O=C(O)CC(c1ccccc1)C(Br)C(=O)c1ccccc1. The van der Waals surface area contributed by atoms with E-state index >= 15 is 0 Å². The fourth-order valence-electron chi connectivity index (χ4n) is 2.22. The van der Waals surface area contributed by atoms with Crippen LogP contribution in [0.3, 0.4) is 0 Å². The molecule has 2 rings (SSSR count). The number of carbonyl (C=O) groups is 2. The van der Waals surface area contributed by atoms with Crippen molar-refractivity contribution in [2.24, 2.45) is 0 Å². The summed E-state index contributed by atoms with van der Waals surface area (Å²) in [6.07, 6.45) is -0.0987. The van der Waals surface area contributed by atoms with Gasteiger partial charge in [0.05, 0.1) is 11.2 Å². The van der Waals surface area contributed by atoms with Crippen molar-refractivity contribution in [3.63, 3.8) is 0 Å². The minimum Gasteiger partial charge on any atom is -0.481 e. The second kappa shape index (κ2) is 7.18. The Bertz CT molecular complexity index is 610. The average molecular weight is 347 g/mol. The van der Waals surface area contributed by atoms with Gasteiger partial charge in [0, 0.05) is 11.5 Å². The number of ketones is 1. The highest BCUT2D eigenvalue weighted by Crippen LogP contribution is 2.30. The van der Waals surface area contributed by atoms with Crippen molar-refractivity contribution in [1.82, 2.24) is 0 Å². The summed E-state index contributed by atoms with van der Waals surface area (Å²) in [5.74, 6) is -1.43. The first kappa shape index (κ1) is 15.4. The Morgan fingerprint density at radius 3 is 2.00 bits per heavy atom. The summed E-state index contributed by atoms with van der Waals surface area (Å²) in [6, 6.07) is 18.1. The Kier molecular flexibility index (Phi) is 5.28. The maximum absolute atomic E-state index is 12.5. The van der Waals surface area contributed by atoms with E-state index in [-0.39, 0.29) is 12.2 Å². The topological polar surface area (TPSA) is 54.4 Å². The minimum atomic E-state index is -0.922. The number of carboxylic acids is 1. The van der Waals surface area contributed by atoms with Gasteiger partial charge in [-0.25, -0.2) is 0 Å². The molecule has 0 saturated carbocycles. The number of benzene rings is 2. The average Bonchev–Trinajstić information content (AvgIpc) is 2.53. The van der Waals surface area contributed by atoms with Gasteiger partial charge in [0.25, 0.3) is 0 Å². The highest BCUT2D eigenvalue weighted by Gasteiger charge is 2.29. The van der Waals surface area contributed by atoms with Crippen LogP contribution in [0.15, 0.2) is 60.7 Å². The number of hydrogen-bond acceptors (Lipinski definition) is 2. The lowest BCUT2D eigenvalue weighted by molar-refractivity contribution is -0.137. The van der Waals surface area contributed by atoms with Crippen molar-refractivity contribution in [1.29, 1.82) is 0 Å².